The maximum atomic E-state index is 12.8. The lowest BCUT2D eigenvalue weighted by Gasteiger charge is -2.36. The summed E-state index contributed by atoms with van der Waals surface area (Å²) in [5.41, 5.74) is 4.33. The van der Waals surface area contributed by atoms with Gasteiger partial charge in [0.1, 0.15) is 12.2 Å². The molecule has 6 nitrogen and oxygen atoms in total. The van der Waals surface area contributed by atoms with E-state index in [1.54, 1.807) is 11.0 Å². The van der Waals surface area contributed by atoms with Crippen molar-refractivity contribution in [2.75, 3.05) is 31.1 Å². The lowest BCUT2D eigenvalue weighted by Crippen LogP contribution is -2.48. The van der Waals surface area contributed by atoms with Crippen molar-refractivity contribution in [3.63, 3.8) is 0 Å². The fraction of sp³-hybridized carbons (Fsp3) is 0.318. The van der Waals surface area contributed by atoms with Crippen LogP contribution in [0.5, 0.6) is 0 Å². The van der Waals surface area contributed by atoms with Gasteiger partial charge in [-0.3, -0.25) is 4.79 Å². The van der Waals surface area contributed by atoms with Gasteiger partial charge in [-0.05, 0) is 43.7 Å². The Labute approximate surface area is 165 Å². The van der Waals surface area contributed by atoms with Crippen LogP contribution in [0.15, 0.2) is 54.9 Å². The summed E-state index contributed by atoms with van der Waals surface area (Å²) in [6, 6.07) is 16.4. The first kappa shape index (κ1) is 18.2. The van der Waals surface area contributed by atoms with E-state index in [-0.39, 0.29) is 5.91 Å². The Morgan fingerprint density at radius 1 is 0.929 bits per heavy atom. The van der Waals surface area contributed by atoms with E-state index >= 15 is 0 Å². The topological polar surface area (TPSA) is 54.3 Å². The van der Waals surface area contributed by atoms with Gasteiger partial charge < -0.3 is 9.80 Å². The summed E-state index contributed by atoms with van der Waals surface area (Å²) >= 11 is 0. The highest BCUT2D eigenvalue weighted by Gasteiger charge is 2.22. The molecule has 2 heterocycles. The molecule has 0 bridgehead atoms. The molecule has 144 valence electrons. The van der Waals surface area contributed by atoms with E-state index in [1.165, 1.54) is 11.3 Å². The molecular weight excluding hydrogens is 350 g/mol. The van der Waals surface area contributed by atoms with E-state index < -0.39 is 0 Å². The Balaban J connectivity index is 1.35. The first-order valence-electron chi connectivity index (χ1n) is 9.64. The molecule has 0 N–H and O–H groups in total. The number of hydrogen-bond acceptors (Lipinski definition) is 4. The van der Waals surface area contributed by atoms with Gasteiger partial charge in [0, 0.05) is 37.4 Å². The van der Waals surface area contributed by atoms with Gasteiger partial charge in [-0.2, -0.15) is 5.10 Å². The maximum absolute atomic E-state index is 12.8. The number of nitrogens with zero attached hydrogens (tertiary/aromatic N) is 5. The Morgan fingerprint density at radius 2 is 1.61 bits per heavy atom. The lowest BCUT2D eigenvalue weighted by atomic mass is 10.1. The van der Waals surface area contributed by atoms with E-state index in [4.69, 9.17) is 0 Å². The Kier molecular flexibility index (Phi) is 5.10. The van der Waals surface area contributed by atoms with Crippen molar-refractivity contribution in [1.29, 1.82) is 0 Å². The molecule has 1 fully saturated rings. The smallest absolute Gasteiger partial charge is 0.253 e. The predicted molar refractivity (Wildman–Crippen MR) is 110 cm³/mol. The first-order chi connectivity index (χ1) is 13.6. The normalized spacial score (nSPS) is 14.4. The van der Waals surface area contributed by atoms with Crippen LogP contribution in [0.1, 0.15) is 27.3 Å². The van der Waals surface area contributed by atoms with Crippen LogP contribution in [0.4, 0.5) is 5.69 Å². The van der Waals surface area contributed by atoms with E-state index in [1.807, 2.05) is 36.1 Å². The number of benzene rings is 2. The molecule has 0 saturated carbocycles. The zero-order valence-electron chi connectivity index (χ0n) is 16.4. The second-order valence-electron chi connectivity index (χ2n) is 7.30. The number of hydrogen-bond donors (Lipinski definition) is 0. The van der Waals surface area contributed by atoms with Gasteiger partial charge in [0.05, 0.1) is 6.54 Å². The largest absolute Gasteiger partial charge is 0.368 e. The molecule has 0 radical (unpaired) electrons. The van der Waals surface area contributed by atoms with Gasteiger partial charge in [-0.15, -0.1) is 0 Å². The van der Waals surface area contributed by atoms with Crippen LogP contribution in [-0.2, 0) is 6.54 Å². The van der Waals surface area contributed by atoms with Gasteiger partial charge in [-0.1, -0.05) is 29.8 Å². The molecule has 1 aromatic heterocycles. The maximum Gasteiger partial charge on any atom is 0.253 e. The summed E-state index contributed by atoms with van der Waals surface area (Å²) in [7, 11) is 0. The van der Waals surface area contributed by atoms with Crippen molar-refractivity contribution in [2.45, 2.75) is 20.4 Å². The molecule has 3 aromatic rings. The number of anilines is 1. The Hall–Kier alpha value is -3.15. The number of rotatable bonds is 4. The van der Waals surface area contributed by atoms with Crippen molar-refractivity contribution in [3.05, 3.63) is 77.4 Å². The van der Waals surface area contributed by atoms with Gasteiger partial charge in [-0.25, -0.2) is 9.67 Å². The number of carbonyl (C=O) groups is 1. The minimum absolute atomic E-state index is 0.103. The number of piperazine rings is 1. The molecule has 1 saturated heterocycles. The van der Waals surface area contributed by atoms with Crippen LogP contribution < -0.4 is 4.90 Å². The highest BCUT2D eigenvalue weighted by Crippen LogP contribution is 2.18. The second kappa shape index (κ2) is 7.84. The van der Waals surface area contributed by atoms with Crippen LogP contribution in [0.25, 0.3) is 0 Å². The van der Waals surface area contributed by atoms with Gasteiger partial charge in [0.2, 0.25) is 0 Å². The number of carbonyl (C=O) groups excluding carboxylic acids is 1. The van der Waals surface area contributed by atoms with Crippen molar-refractivity contribution in [1.82, 2.24) is 19.7 Å². The summed E-state index contributed by atoms with van der Waals surface area (Å²) in [6.07, 6.45) is 1.72. The van der Waals surface area contributed by atoms with Crippen LogP contribution in [-0.4, -0.2) is 51.8 Å². The van der Waals surface area contributed by atoms with Gasteiger partial charge in [0.25, 0.3) is 5.91 Å². The lowest BCUT2D eigenvalue weighted by molar-refractivity contribution is 0.0747. The van der Waals surface area contributed by atoms with E-state index in [0.717, 1.165) is 43.1 Å². The minimum Gasteiger partial charge on any atom is -0.368 e. The predicted octanol–water partition coefficient (Wildman–Crippen LogP) is 2.91. The zero-order valence-corrected chi connectivity index (χ0v) is 16.4. The highest BCUT2D eigenvalue weighted by atomic mass is 16.2. The van der Waals surface area contributed by atoms with Crippen LogP contribution in [0, 0.1) is 13.8 Å². The Morgan fingerprint density at radius 3 is 2.21 bits per heavy atom. The van der Waals surface area contributed by atoms with Crippen LogP contribution in [0.3, 0.4) is 0 Å². The van der Waals surface area contributed by atoms with E-state index in [2.05, 4.69) is 46.2 Å². The molecule has 1 aliphatic rings. The third-order valence-corrected chi connectivity index (χ3v) is 5.16. The van der Waals surface area contributed by atoms with E-state index in [0.29, 0.717) is 6.54 Å². The number of aromatic nitrogens is 3. The average molecular weight is 375 g/mol. The van der Waals surface area contributed by atoms with Crippen molar-refractivity contribution < 1.29 is 4.79 Å². The second-order valence-corrected chi connectivity index (χ2v) is 7.30. The molecule has 28 heavy (non-hydrogen) atoms. The van der Waals surface area contributed by atoms with Gasteiger partial charge >= 0.3 is 0 Å². The molecule has 0 spiro atoms. The fourth-order valence-corrected chi connectivity index (χ4v) is 3.51. The molecule has 1 amide bonds. The molecule has 4 rings (SSSR count). The molecule has 1 aliphatic heterocycles. The van der Waals surface area contributed by atoms with Crippen LogP contribution in [0.2, 0.25) is 0 Å². The summed E-state index contributed by atoms with van der Waals surface area (Å²) in [5.74, 6) is 0.864. The standard InChI is InChI=1S/C22H25N5O/c1-17-3-9-21(10-4-17)25-11-13-26(14-12-25)22(28)20-7-5-19(6-8-20)15-27-16-23-18(2)24-27/h3-10,16H,11-15H2,1-2H3. The highest BCUT2D eigenvalue weighted by molar-refractivity contribution is 5.94. The molecule has 0 unspecified atom stereocenters. The van der Waals surface area contributed by atoms with Gasteiger partial charge in [0.15, 0.2) is 0 Å². The summed E-state index contributed by atoms with van der Waals surface area (Å²) in [5, 5.41) is 4.30. The third kappa shape index (κ3) is 4.06. The fourth-order valence-electron chi connectivity index (χ4n) is 3.51. The third-order valence-electron chi connectivity index (χ3n) is 5.16. The van der Waals surface area contributed by atoms with E-state index in [9.17, 15) is 4.79 Å². The molecular formula is C22H25N5O. The molecule has 0 atom stereocenters. The summed E-state index contributed by atoms with van der Waals surface area (Å²) < 4.78 is 1.80. The SMILES string of the molecule is Cc1ccc(N2CCN(C(=O)c3ccc(Cn4cnc(C)n4)cc3)CC2)cc1. The number of amides is 1. The minimum atomic E-state index is 0.103. The number of aryl methyl sites for hydroxylation is 2. The zero-order chi connectivity index (χ0) is 19.5. The van der Waals surface area contributed by atoms with Crippen molar-refractivity contribution in [3.8, 4) is 0 Å². The Bertz CT molecular complexity index is 938. The van der Waals surface area contributed by atoms with Crippen molar-refractivity contribution >= 4 is 11.6 Å². The molecule has 0 aliphatic carbocycles. The quantitative estimate of drug-likeness (QED) is 0.704. The summed E-state index contributed by atoms with van der Waals surface area (Å²) in [4.78, 5) is 21.3. The molecule has 6 heteroatoms. The van der Waals surface area contributed by atoms with Crippen molar-refractivity contribution in [2.24, 2.45) is 0 Å². The summed E-state index contributed by atoms with van der Waals surface area (Å²) in [6.45, 7) is 7.83. The average Bonchev–Trinajstić information content (AvgIpc) is 3.13. The monoisotopic (exact) mass is 375 g/mol. The first-order valence-corrected chi connectivity index (χ1v) is 9.64. The van der Waals surface area contributed by atoms with Crippen LogP contribution >= 0.6 is 0 Å². The molecule has 2 aromatic carbocycles.